The summed E-state index contributed by atoms with van der Waals surface area (Å²) in [4.78, 5) is 8.21. The van der Waals surface area contributed by atoms with Gasteiger partial charge in [-0.2, -0.15) is 0 Å². The van der Waals surface area contributed by atoms with Crippen molar-refractivity contribution in [3.63, 3.8) is 0 Å². The van der Waals surface area contributed by atoms with Crippen LogP contribution in [0.3, 0.4) is 0 Å². The van der Waals surface area contributed by atoms with E-state index in [0.717, 1.165) is 18.2 Å². The van der Waals surface area contributed by atoms with Gasteiger partial charge >= 0.3 is 0 Å². The summed E-state index contributed by atoms with van der Waals surface area (Å²) in [5.74, 6) is 0.782. The Labute approximate surface area is 114 Å². The Morgan fingerprint density at radius 3 is 2.63 bits per heavy atom. The Balaban J connectivity index is 1.69. The second-order valence-electron chi connectivity index (χ2n) is 5.31. The van der Waals surface area contributed by atoms with E-state index in [2.05, 4.69) is 46.5 Å². The SMILES string of the molecule is Cc1ccc(C(NCc2ccncn2)C2CC2)cc1. The van der Waals surface area contributed by atoms with Crippen LogP contribution in [0.1, 0.15) is 35.7 Å². The molecule has 1 heterocycles. The molecule has 0 radical (unpaired) electrons. The Morgan fingerprint density at radius 1 is 1.21 bits per heavy atom. The monoisotopic (exact) mass is 253 g/mol. The van der Waals surface area contributed by atoms with Crippen molar-refractivity contribution in [3.8, 4) is 0 Å². The highest BCUT2D eigenvalue weighted by Gasteiger charge is 2.31. The third kappa shape index (κ3) is 3.18. The summed E-state index contributed by atoms with van der Waals surface area (Å²) in [5, 5.41) is 3.64. The first-order chi connectivity index (χ1) is 9.33. The zero-order chi connectivity index (χ0) is 13.1. The van der Waals surface area contributed by atoms with E-state index < -0.39 is 0 Å². The van der Waals surface area contributed by atoms with Crippen molar-refractivity contribution in [2.75, 3.05) is 0 Å². The number of nitrogens with zero attached hydrogens (tertiary/aromatic N) is 2. The summed E-state index contributed by atoms with van der Waals surface area (Å²) in [6, 6.07) is 11.3. The fourth-order valence-corrected chi connectivity index (χ4v) is 2.40. The highest BCUT2D eigenvalue weighted by atomic mass is 15.0. The van der Waals surface area contributed by atoms with Crippen LogP contribution >= 0.6 is 0 Å². The number of aromatic nitrogens is 2. The van der Waals surface area contributed by atoms with Crippen LogP contribution in [0.15, 0.2) is 42.9 Å². The Hall–Kier alpha value is -1.74. The van der Waals surface area contributed by atoms with Crippen LogP contribution in [0.25, 0.3) is 0 Å². The number of aryl methyl sites for hydroxylation is 1. The minimum atomic E-state index is 0.454. The molecule has 0 spiro atoms. The predicted octanol–water partition coefficient (Wildman–Crippen LogP) is 3.03. The van der Waals surface area contributed by atoms with Gasteiger partial charge in [-0.05, 0) is 37.3 Å². The molecule has 3 heteroatoms. The van der Waals surface area contributed by atoms with Gasteiger partial charge in [0.25, 0.3) is 0 Å². The lowest BCUT2D eigenvalue weighted by Gasteiger charge is -2.18. The number of benzene rings is 1. The molecule has 1 N–H and O–H groups in total. The topological polar surface area (TPSA) is 37.8 Å². The highest BCUT2D eigenvalue weighted by Crippen LogP contribution is 2.41. The van der Waals surface area contributed by atoms with E-state index in [-0.39, 0.29) is 0 Å². The Morgan fingerprint density at radius 2 is 2.00 bits per heavy atom. The number of hydrogen-bond acceptors (Lipinski definition) is 3. The zero-order valence-electron chi connectivity index (χ0n) is 11.2. The first-order valence-electron chi connectivity index (χ1n) is 6.88. The summed E-state index contributed by atoms with van der Waals surface area (Å²) in [7, 11) is 0. The van der Waals surface area contributed by atoms with Crippen molar-refractivity contribution in [1.82, 2.24) is 15.3 Å². The van der Waals surface area contributed by atoms with Crippen LogP contribution in [0.2, 0.25) is 0 Å². The molecule has 3 rings (SSSR count). The molecule has 1 fully saturated rings. The van der Waals surface area contributed by atoms with Crippen molar-refractivity contribution in [2.24, 2.45) is 5.92 Å². The molecule has 0 aliphatic heterocycles. The average molecular weight is 253 g/mol. The van der Waals surface area contributed by atoms with Gasteiger partial charge in [-0.1, -0.05) is 29.8 Å². The molecule has 0 bridgehead atoms. The molecule has 1 unspecified atom stereocenters. The second-order valence-corrected chi connectivity index (χ2v) is 5.31. The fraction of sp³-hybridized carbons (Fsp3) is 0.375. The van der Waals surface area contributed by atoms with Gasteiger partial charge in [-0.25, -0.2) is 9.97 Å². The molecule has 1 aliphatic rings. The largest absolute Gasteiger partial charge is 0.304 e. The second kappa shape index (κ2) is 5.49. The van der Waals surface area contributed by atoms with Gasteiger partial charge in [0.05, 0.1) is 5.69 Å². The third-order valence-corrected chi connectivity index (χ3v) is 3.68. The molecule has 19 heavy (non-hydrogen) atoms. The van der Waals surface area contributed by atoms with Crippen LogP contribution in [0.4, 0.5) is 0 Å². The summed E-state index contributed by atoms with van der Waals surface area (Å²) in [5.41, 5.74) is 3.75. The first kappa shape index (κ1) is 12.3. The van der Waals surface area contributed by atoms with Crippen LogP contribution in [-0.2, 0) is 6.54 Å². The molecule has 1 aliphatic carbocycles. The van der Waals surface area contributed by atoms with Gasteiger partial charge in [0, 0.05) is 18.8 Å². The van der Waals surface area contributed by atoms with Crippen molar-refractivity contribution in [2.45, 2.75) is 32.4 Å². The van der Waals surface area contributed by atoms with Crippen molar-refractivity contribution >= 4 is 0 Å². The molecule has 1 saturated carbocycles. The predicted molar refractivity (Wildman–Crippen MR) is 75.5 cm³/mol. The minimum Gasteiger partial charge on any atom is -0.304 e. The molecule has 98 valence electrons. The molecule has 3 nitrogen and oxygen atoms in total. The number of hydrogen-bond donors (Lipinski definition) is 1. The van der Waals surface area contributed by atoms with E-state index in [4.69, 9.17) is 0 Å². The van der Waals surface area contributed by atoms with Gasteiger partial charge in [-0.3, -0.25) is 0 Å². The highest BCUT2D eigenvalue weighted by molar-refractivity contribution is 5.25. The van der Waals surface area contributed by atoms with Crippen molar-refractivity contribution in [3.05, 3.63) is 59.7 Å². The minimum absolute atomic E-state index is 0.454. The smallest absolute Gasteiger partial charge is 0.115 e. The molecule has 1 aromatic carbocycles. The van der Waals surface area contributed by atoms with E-state index in [9.17, 15) is 0 Å². The van der Waals surface area contributed by atoms with E-state index in [1.54, 1.807) is 12.5 Å². The molecule has 0 saturated heterocycles. The maximum absolute atomic E-state index is 4.26. The number of rotatable bonds is 5. The zero-order valence-corrected chi connectivity index (χ0v) is 11.2. The first-order valence-corrected chi connectivity index (χ1v) is 6.88. The Bertz CT molecular complexity index is 517. The summed E-state index contributed by atoms with van der Waals surface area (Å²) < 4.78 is 0. The fourth-order valence-electron chi connectivity index (χ4n) is 2.40. The van der Waals surface area contributed by atoms with Crippen LogP contribution in [0, 0.1) is 12.8 Å². The summed E-state index contributed by atoms with van der Waals surface area (Å²) >= 11 is 0. The number of nitrogens with one attached hydrogen (secondary N) is 1. The van der Waals surface area contributed by atoms with E-state index >= 15 is 0 Å². The lowest BCUT2D eigenvalue weighted by atomic mass is 10.0. The van der Waals surface area contributed by atoms with E-state index in [0.29, 0.717) is 6.04 Å². The maximum atomic E-state index is 4.26. The van der Waals surface area contributed by atoms with E-state index in [1.807, 2.05) is 6.07 Å². The van der Waals surface area contributed by atoms with Gasteiger partial charge in [0.15, 0.2) is 0 Å². The molecule has 0 amide bonds. The van der Waals surface area contributed by atoms with Gasteiger partial charge in [0.2, 0.25) is 0 Å². The van der Waals surface area contributed by atoms with Gasteiger partial charge < -0.3 is 5.32 Å². The van der Waals surface area contributed by atoms with Gasteiger partial charge in [0.1, 0.15) is 6.33 Å². The maximum Gasteiger partial charge on any atom is 0.115 e. The van der Waals surface area contributed by atoms with Crippen molar-refractivity contribution < 1.29 is 0 Å². The van der Waals surface area contributed by atoms with Crippen LogP contribution < -0.4 is 5.32 Å². The quantitative estimate of drug-likeness (QED) is 0.890. The standard InChI is InChI=1S/C16H19N3/c1-12-2-4-13(5-3-12)16(14-6-7-14)18-10-15-8-9-17-11-19-15/h2-5,8-9,11,14,16,18H,6-7,10H2,1H3. The average Bonchev–Trinajstić information content (AvgIpc) is 3.27. The molecule has 1 atom stereocenters. The van der Waals surface area contributed by atoms with Crippen LogP contribution in [0.5, 0.6) is 0 Å². The Kier molecular flexibility index (Phi) is 3.56. The molecular formula is C16H19N3. The molecular weight excluding hydrogens is 234 g/mol. The lowest BCUT2D eigenvalue weighted by molar-refractivity contribution is 0.476. The molecule has 1 aromatic heterocycles. The lowest BCUT2D eigenvalue weighted by Crippen LogP contribution is -2.23. The summed E-state index contributed by atoms with van der Waals surface area (Å²) in [6.45, 7) is 2.93. The van der Waals surface area contributed by atoms with Crippen molar-refractivity contribution in [1.29, 1.82) is 0 Å². The summed E-state index contributed by atoms with van der Waals surface area (Å²) in [6.07, 6.45) is 6.06. The third-order valence-electron chi connectivity index (χ3n) is 3.68. The normalized spacial score (nSPS) is 16.3. The molecule has 2 aromatic rings. The van der Waals surface area contributed by atoms with Gasteiger partial charge in [-0.15, -0.1) is 0 Å². The van der Waals surface area contributed by atoms with E-state index in [1.165, 1.54) is 24.0 Å². The van der Waals surface area contributed by atoms with Crippen LogP contribution in [-0.4, -0.2) is 9.97 Å².